The Bertz CT molecular complexity index is 3800. The van der Waals surface area contributed by atoms with Gasteiger partial charge in [-0.25, -0.2) is 23.4 Å². The molecule has 0 unspecified atom stereocenters. The van der Waals surface area contributed by atoms with Gasteiger partial charge in [0.05, 0.1) is 348 Å². The van der Waals surface area contributed by atoms with Crippen LogP contribution in [0.4, 0.5) is 34.3 Å². The number of amides is 5. The van der Waals surface area contributed by atoms with Crippen molar-refractivity contribution < 1.29 is 170 Å². The highest BCUT2D eigenvalue weighted by Gasteiger charge is 2.30. The van der Waals surface area contributed by atoms with Gasteiger partial charge in [-0.1, -0.05) is 64.3 Å². The number of rotatable bonds is 102. The largest absolute Gasteiger partial charge is 0.445 e. The van der Waals surface area contributed by atoms with Crippen LogP contribution < -0.4 is 37.5 Å². The molecule has 2 atom stereocenters. The highest BCUT2D eigenvalue weighted by Crippen LogP contribution is 2.29. The number of aromatic nitrogens is 1. The number of carbonyl (C=O) groups is 6. The summed E-state index contributed by atoms with van der Waals surface area (Å²) in [5, 5.41) is 12.2. The van der Waals surface area contributed by atoms with Crippen LogP contribution in [0.2, 0.25) is 0 Å². The maximum Gasteiger partial charge on any atom is 0.407 e. The number of hydrogen-bond donors (Lipinski definition) is 6. The normalized spacial score (nSPS) is 12.0. The Morgan fingerprint density at radius 2 is 0.755 bits per heavy atom. The molecule has 1 heterocycles. The Kier molecular flexibility index (Phi) is 80.8. The second-order valence-electron chi connectivity index (χ2n) is 32.5. The van der Waals surface area contributed by atoms with Gasteiger partial charge < -0.3 is 161 Å². The molecule has 0 aliphatic rings. The highest BCUT2D eigenvalue weighted by atomic mass is 19.2. The Morgan fingerprint density at radius 1 is 0.399 bits per heavy atom. The van der Waals surface area contributed by atoms with Crippen molar-refractivity contribution in [3.63, 3.8) is 0 Å². The van der Waals surface area contributed by atoms with Gasteiger partial charge in [0.2, 0.25) is 23.4 Å². The van der Waals surface area contributed by atoms with E-state index in [1.807, 2.05) is 26.0 Å². The lowest BCUT2D eigenvalue weighted by Crippen LogP contribution is -2.45. The van der Waals surface area contributed by atoms with Crippen molar-refractivity contribution in [2.75, 3.05) is 354 Å². The summed E-state index contributed by atoms with van der Waals surface area (Å²) in [5.41, 5.74) is 15.8. The lowest BCUT2D eigenvalue weighted by molar-refractivity contribution is -0.136. The summed E-state index contributed by atoms with van der Waals surface area (Å²) in [4.78, 5) is 81.2. The Labute approximate surface area is 841 Å². The number of aryl methyl sites for hydroxylation is 3. The monoisotopic (exact) mass is 2050 g/mol. The lowest BCUT2D eigenvalue weighted by Gasteiger charge is -2.24. The van der Waals surface area contributed by atoms with Crippen LogP contribution in [0, 0.1) is 36.2 Å². The van der Waals surface area contributed by atoms with E-state index in [1.54, 1.807) is 24.3 Å². The minimum absolute atomic E-state index is 0.00818. The van der Waals surface area contributed by atoms with Gasteiger partial charge in [0.1, 0.15) is 12.4 Å². The average molecular weight is 2050 g/mol. The maximum atomic E-state index is 14.0. The van der Waals surface area contributed by atoms with Gasteiger partial charge in [0.25, 0.3) is 0 Å². The maximum absolute atomic E-state index is 14.0. The number of anilines is 2. The van der Waals surface area contributed by atoms with E-state index in [4.69, 9.17) is 135 Å². The molecule has 143 heavy (non-hydrogen) atoms. The van der Waals surface area contributed by atoms with Crippen LogP contribution in [0.3, 0.4) is 0 Å². The molecule has 4 rings (SSSR count). The third-order valence-corrected chi connectivity index (χ3v) is 20.6. The smallest absolute Gasteiger partial charge is 0.407 e. The molecule has 0 fully saturated rings. The summed E-state index contributed by atoms with van der Waals surface area (Å²) in [5.74, 6) is -7.59. The van der Waals surface area contributed by atoms with Gasteiger partial charge >= 0.3 is 18.1 Å². The number of carbonyl (C=O) groups excluding carboxylic acids is 6. The number of esters is 1. The van der Waals surface area contributed by atoms with Crippen molar-refractivity contribution in [2.45, 2.75) is 124 Å². The van der Waals surface area contributed by atoms with Crippen LogP contribution in [-0.2, 0) is 162 Å². The van der Waals surface area contributed by atoms with Gasteiger partial charge in [-0.15, -0.1) is 0 Å². The van der Waals surface area contributed by atoms with Crippen LogP contribution in [0.25, 0.3) is 10.9 Å². The fraction of sp³-hybridized carbons (Fsp3) is 0.730. The SMILES string of the molecule is CCCCCc1cc2c(CCCCCNC(=O)OCc3ccc(NC(=O)[C@H](CCCNC(N)=O)CC(=O)[C@@H](NC(=O)CCOCCOCCOCCOCCOCCOCCOCCOCCOCCOCCOCCOCCOCCOCCOCCOCCOCCOCCOCCOCCOCCOCCOCCOCCOCCC(=O)Oc4c(F)c(C)cc(F)c4F)C(C)C)cc3)cccc2nc1N. The Morgan fingerprint density at radius 3 is 1.13 bits per heavy atom. The zero-order valence-electron chi connectivity index (χ0n) is 84.8. The van der Waals surface area contributed by atoms with Crippen molar-refractivity contribution in [2.24, 2.45) is 17.6 Å². The topological polar surface area (TPSA) is 465 Å². The molecule has 5 amide bonds. The molecule has 43 heteroatoms. The standard InChI is InChI=1S/C100H164F3N7O33/c1-5-6-8-14-84-77-87-83(15-11-17-89(87)109-97(84)104)13-9-7-10-24-107-100(116)142-79-82-18-20-86(21-19-82)108-98(114)85(16-12-25-106-99(105)115)78-90(111)95(80(2)3)110-91(112)22-26-117-28-30-119-32-34-121-36-38-123-40-42-125-44-46-127-48-50-129-52-54-131-56-58-133-60-62-135-64-66-137-68-70-139-72-74-141-75-73-140-71-69-138-67-65-136-63-61-134-59-57-132-55-53-130-51-49-128-47-45-126-43-41-124-39-37-122-35-33-120-31-29-118-27-23-92(113)143-96-93(102)81(4)76-88(101)94(96)103/h11,15,17-21,76-77,80,85,95H,5-10,12-14,16,22-75,78-79H2,1-4H3,(H2,104,109)(H,107,116)(H,108,114)(H,110,112)(H3,105,106,115)/t85-,95+/m1/s1. The first-order valence-electron chi connectivity index (χ1n) is 50.1. The number of pyridine rings is 1. The zero-order chi connectivity index (χ0) is 103. The van der Waals surface area contributed by atoms with Crippen molar-refractivity contribution in [3.8, 4) is 5.75 Å². The molecule has 8 N–H and O–H groups in total. The van der Waals surface area contributed by atoms with Crippen molar-refractivity contribution in [1.82, 2.24) is 20.9 Å². The molecular weight excluding hydrogens is 1880 g/mol. The quantitative estimate of drug-likeness (QED) is 0.0104. The van der Waals surface area contributed by atoms with E-state index in [-0.39, 0.29) is 95.0 Å². The summed E-state index contributed by atoms with van der Waals surface area (Å²) >= 11 is 0. The minimum Gasteiger partial charge on any atom is -0.445 e. The van der Waals surface area contributed by atoms with Gasteiger partial charge in [-0.2, -0.15) is 4.39 Å². The Balaban J connectivity index is 0.775. The number of halogens is 3. The molecule has 4 aromatic rings. The molecule has 0 saturated carbocycles. The van der Waals surface area contributed by atoms with E-state index in [9.17, 15) is 41.9 Å². The molecule has 1 aromatic heterocycles. The molecule has 3 aromatic carbocycles. The van der Waals surface area contributed by atoms with Crippen LogP contribution in [-0.4, -0.2) is 390 Å². The van der Waals surface area contributed by atoms with E-state index in [1.165, 1.54) is 12.5 Å². The van der Waals surface area contributed by atoms with Gasteiger partial charge in [-0.05, 0) is 110 Å². The first-order valence-corrected chi connectivity index (χ1v) is 50.1. The number of primary amides is 1. The summed E-state index contributed by atoms with van der Waals surface area (Å²) in [6.45, 7) is 27.6. The molecule has 0 radical (unpaired) electrons. The second-order valence-corrected chi connectivity index (χ2v) is 32.5. The predicted molar refractivity (Wildman–Crippen MR) is 523 cm³/mol. The fourth-order valence-electron chi connectivity index (χ4n) is 13.0. The number of nitrogens with one attached hydrogen (secondary N) is 4. The van der Waals surface area contributed by atoms with E-state index in [0.29, 0.717) is 333 Å². The zero-order valence-corrected chi connectivity index (χ0v) is 84.8. The van der Waals surface area contributed by atoms with Crippen molar-refractivity contribution in [1.29, 1.82) is 0 Å². The van der Waals surface area contributed by atoms with Gasteiger partial charge in [0, 0.05) is 42.9 Å². The van der Waals surface area contributed by atoms with Crippen LogP contribution in [0.15, 0.2) is 54.6 Å². The number of nitrogens with zero attached hydrogens (tertiary/aromatic N) is 1. The summed E-state index contributed by atoms with van der Waals surface area (Å²) < 4.78 is 189. The average Bonchev–Trinajstić information content (AvgIpc) is 0.792. The van der Waals surface area contributed by atoms with Gasteiger partial charge in [0.15, 0.2) is 17.4 Å². The number of nitrogen functional groups attached to an aromatic ring is 1. The van der Waals surface area contributed by atoms with E-state index >= 15 is 0 Å². The van der Waals surface area contributed by atoms with E-state index in [2.05, 4.69) is 50.0 Å². The predicted octanol–water partition coefficient (Wildman–Crippen LogP) is 8.82. The van der Waals surface area contributed by atoms with Gasteiger partial charge in [-0.3, -0.25) is 19.2 Å². The van der Waals surface area contributed by atoms with E-state index in [0.717, 1.165) is 67.8 Å². The number of ether oxygens (including phenoxy) is 27. The molecule has 40 nitrogen and oxygen atoms in total. The van der Waals surface area contributed by atoms with Crippen LogP contribution in [0.5, 0.6) is 5.75 Å². The Hall–Kier alpha value is -7.72. The number of benzene rings is 3. The second kappa shape index (κ2) is 90.6. The number of hydrogen-bond acceptors (Lipinski definition) is 35. The van der Waals surface area contributed by atoms with Crippen LogP contribution in [0.1, 0.15) is 114 Å². The first-order chi connectivity index (χ1) is 70.0. The molecule has 0 spiro atoms. The third kappa shape index (κ3) is 70.7. The van der Waals surface area contributed by atoms with E-state index < -0.39 is 59.2 Å². The minimum atomic E-state index is -1.56. The number of ketones is 1. The molecule has 818 valence electrons. The lowest BCUT2D eigenvalue weighted by atomic mass is 9.89. The third-order valence-electron chi connectivity index (χ3n) is 20.6. The number of nitrogens with two attached hydrogens (primary N) is 2. The van der Waals surface area contributed by atoms with Crippen LogP contribution >= 0.6 is 0 Å². The number of unbranched alkanes of at least 4 members (excludes halogenated alkanes) is 4. The molecular formula is C100H164F3N7O33. The number of urea groups is 1. The summed E-state index contributed by atoms with van der Waals surface area (Å²) in [7, 11) is 0. The summed E-state index contributed by atoms with van der Waals surface area (Å²) in [6, 6.07) is 14.3. The molecule has 0 aliphatic heterocycles. The highest BCUT2D eigenvalue weighted by molar-refractivity contribution is 5.97. The summed E-state index contributed by atoms with van der Waals surface area (Å²) in [6.07, 6.45) is 7.53. The number of Topliss-reactive ketones (excluding diaryl/α,β-unsaturated/α-hetero) is 1. The number of alkyl carbamates (subject to hydrolysis) is 1. The molecule has 0 bridgehead atoms. The first kappa shape index (κ1) is 128. The number of fused-ring (bicyclic) bond motifs is 1. The fourth-order valence-corrected chi connectivity index (χ4v) is 13.0. The van der Waals surface area contributed by atoms with Crippen molar-refractivity contribution in [3.05, 3.63) is 94.3 Å². The molecule has 0 aliphatic carbocycles. The van der Waals surface area contributed by atoms with Crippen molar-refractivity contribution >= 4 is 58.1 Å². The molecule has 0 saturated heterocycles.